The maximum atomic E-state index is 12.2. The molecule has 0 spiro atoms. The van der Waals surface area contributed by atoms with Gasteiger partial charge >= 0.3 is 6.03 Å². The highest BCUT2D eigenvalue weighted by atomic mass is 16.5. The molecule has 138 valence electrons. The van der Waals surface area contributed by atoms with Crippen molar-refractivity contribution in [2.45, 2.75) is 0 Å². The van der Waals surface area contributed by atoms with E-state index in [-0.39, 0.29) is 12.8 Å². The number of carbonyl (C=O) groups excluding carboxylic acids is 1. The number of rotatable bonds is 6. The first-order valence-corrected chi connectivity index (χ1v) is 8.50. The monoisotopic (exact) mass is 357 g/mol. The lowest BCUT2D eigenvalue weighted by atomic mass is 10.2. The van der Waals surface area contributed by atoms with Crippen molar-refractivity contribution in [1.82, 2.24) is 5.32 Å². The molecular formula is C19H23N3O4. The number of carbonyl (C=O) groups is 1. The zero-order valence-electron chi connectivity index (χ0n) is 14.7. The van der Waals surface area contributed by atoms with Crippen molar-refractivity contribution in [3.8, 4) is 11.5 Å². The number of nitrogens with one attached hydrogen (secondary N) is 2. The minimum atomic E-state index is -0.333. The molecule has 0 aliphatic carbocycles. The van der Waals surface area contributed by atoms with E-state index in [0.717, 1.165) is 24.5 Å². The highest BCUT2D eigenvalue weighted by Gasteiger charge is 2.15. The standard InChI is InChI=1S/C19H23N3O4/c1-24-17-8-4-5-9-18(17)26-14-20-19(23)21-15-6-2-3-7-16(15)22-10-12-25-13-11-22/h2-9H,10-14H2,1H3,(H2,20,21,23). The Hall–Kier alpha value is -2.93. The molecule has 7 heteroatoms. The van der Waals surface area contributed by atoms with Crippen molar-refractivity contribution in [2.75, 3.05) is 50.4 Å². The van der Waals surface area contributed by atoms with Gasteiger partial charge in [-0.1, -0.05) is 24.3 Å². The molecule has 0 unspecified atom stereocenters. The molecule has 2 N–H and O–H groups in total. The molecule has 1 aliphatic rings. The van der Waals surface area contributed by atoms with Crippen molar-refractivity contribution in [1.29, 1.82) is 0 Å². The first-order valence-electron chi connectivity index (χ1n) is 8.50. The summed E-state index contributed by atoms with van der Waals surface area (Å²) < 4.78 is 16.2. The fourth-order valence-corrected chi connectivity index (χ4v) is 2.74. The zero-order valence-corrected chi connectivity index (χ0v) is 14.7. The van der Waals surface area contributed by atoms with Crippen LogP contribution in [0.25, 0.3) is 0 Å². The van der Waals surface area contributed by atoms with Crippen LogP contribution in [0.3, 0.4) is 0 Å². The number of hydrogen-bond donors (Lipinski definition) is 2. The summed E-state index contributed by atoms with van der Waals surface area (Å²) in [5.74, 6) is 1.19. The smallest absolute Gasteiger partial charge is 0.321 e. The number of anilines is 2. The second-order valence-corrected chi connectivity index (χ2v) is 5.69. The Labute approximate surface area is 152 Å². The molecule has 0 radical (unpaired) electrons. The van der Waals surface area contributed by atoms with Crippen LogP contribution in [0.4, 0.5) is 16.2 Å². The number of urea groups is 1. The molecule has 1 heterocycles. The van der Waals surface area contributed by atoms with Gasteiger partial charge in [0, 0.05) is 13.1 Å². The topological polar surface area (TPSA) is 72.1 Å². The number of morpholine rings is 1. The molecule has 0 aromatic heterocycles. The van der Waals surface area contributed by atoms with Gasteiger partial charge in [-0.25, -0.2) is 4.79 Å². The molecule has 2 aromatic rings. The van der Waals surface area contributed by atoms with Gasteiger partial charge in [-0.15, -0.1) is 0 Å². The number of nitrogens with zero attached hydrogens (tertiary/aromatic N) is 1. The van der Waals surface area contributed by atoms with E-state index < -0.39 is 0 Å². The van der Waals surface area contributed by atoms with Gasteiger partial charge in [0.25, 0.3) is 0 Å². The van der Waals surface area contributed by atoms with Gasteiger partial charge in [0.15, 0.2) is 18.2 Å². The lowest BCUT2D eigenvalue weighted by Crippen LogP contribution is -2.37. The van der Waals surface area contributed by atoms with Gasteiger partial charge in [0.1, 0.15) is 0 Å². The summed E-state index contributed by atoms with van der Waals surface area (Å²) in [4.78, 5) is 14.4. The third-order valence-electron chi connectivity index (χ3n) is 4.03. The molecule has 0 atom stereocenters. The number of amides is 2. The molecule has 7 nitrogen and oxygen atoms in total. The van der Waals surface area contributed by atoms with E-state index >= 15 is 0 Å². The number of hydrogen-bond acceptors (Lipinski definition) is 5. The minimum absolute atomic E-state index is 0.0337. The zero-order chi connectivity index (χ0) is 18.2. The summed E-state index contributed by atoms with van der Waals surface area (Å²) in [6, 6.07) is 14.7. The van der Waals surface area contributed by atoms with Crippen LogP contribution in [-0.2, 0) is 4.74 Å². The van der Waals surface area contributed by atoms with Gasteiger partial charge in [-0.3, -0.25) is 0 Å². The minimum Gasteiger partial charge on any atom is -0.493 e. The van der Waals surface area contributed by atoms with Crippen molar-refractivity contribution in [2.24, 2.45) is 0 Å². The number of methoxy groups -OCH3 is 1. The van der Waals surface area contributed by atoms with Crippen LogP contribution in [0.15, 0.2) is 48.5 Å². The summed E-state index contributed by atoms with van der Waals surface area (Å²) in [5.41, 5.74) is 1.74. The van der Waals surface area contributed by atoms with E-state index in [1.165, 1.54) is 0 Å². The second kappa shape index (κ2) is 8.96. The first kappa shape index (κ1) is 17.9. The van der Waals surface area contributed by atoms with Crippen molar-refractivity contribution < 1.29 is 19.0 Å². The lowest BCUT2D eigenvalue weighted by Gasteiger charge is -2.30. The molecular weight excluding hydrogens is 334 g/mol. The van der Waals surface area contributed by atoms with Crippen LogP contribution >= 0.6 is 0 Å². The van der Waals surface area contributed by atoms with E-state index in [4.69, 9.17) is 14.2 Å². The highest BCUT2D eigenvalue weighted by Crippen LogP contribution is 2.27. The van der Waals surface area contributed by atoms with Gasteiger partial charge in [0.05, 0.1) is 31.7 Å². The Morgan fingerprint density at radius 2 is 1.77 bits per heavy atom. The van der Waals surface area contributed by atoms with Gasteiger partial charge in [0.2, 0.25) is 0 Å². The van der Waals surface area contributed by atoms with E-state index in [9.17, 15) is 4.79 Å². The maximum Gasteiger partial charge on any atom is 0.321 e. The fraction of sp³-hybridized carbons (Fsp3) is 0.316. The Kier molecular flexibility index (Phi) is 6.16. The van der Waals surface area contributed by atoms with Crippen molar-refractivity contribution in [3.63, 3.8) is 0 Å². The highest BCUT2D eigenvalue weighted by molar-refractivity contribution is 5.93. The summed E-state index contributed by atoms with van der Waals surface area (Å²) in [5, 5.41) is 5.57. The molecule has 2 amide bonds. The van der Waals surface area contributed by atoms with Gasteiger partial charge < -0.3 is 29.7 Å². The average Bonchev–Trinajstić information content (AvgIpc) is 2.69. The summed E-state index contributed by atoms with van der Waals surface area (Å²) in [7, 11) is 1.57. The predicted molar refractivity (Wildman–Crippen MR) is 100 cm³/mol. The quantitative estimate of drug-likeness (QED) is 0.778. The van der Waals surface area contributed by atoms with E-state index in [2.05, 4.69) is 15.5 Å². The Bertz CT molecular complexity index is 732. The largest absolute Gasteiger partial charge is 0.493 e. The summed E-state index contributed by atoms with van der Waals surface area (Å²) in [6.07, 6.45) is 0. The third-order valence-corrected chi connectivity index (χ3v) is 4.03. The second-order valence-electron chi connectivity index (χ2n) is 5.69. The van der Waals surface area contributed by atoms with Crippen LogP contribution in [0, 0.1) is 0 Å². The summed E-state index contributed by atoms with van der Waals surface area (Å²) >= 11 is 0. The normalized spacial score (nSPS) is 13.8. The number of para-hydroxylation sites is 4. The van der Waals surface area contributed by atoms with Crippen LogP contribution in [0.2, 0.25) is 0 Å². The Morgan fingerprint density at radius 1 is 1.08 bits per heavy atom. The van der Waals surface area contributed by atoms with Crippen LogP contribution in [0.5, 0.6) is 11.5 Å². The molecule has 1 aliphatic heterocycles. The van der Waals surface area contributed by atoms with Crippen LogP contribution in [-0.4, -0.2) is 46.2 Å². The molecule has 26 heavy (non-hydrogen) atoms. The maximum absolute atomic E-state index is 12.2. The van der Waals surface area contributed by atoms with Gasteiger partial charge in [-0.05, 0) is 24.3 Å². The third kappa shape index (κ3) is 4.58. The molecule has 2 aromatic carbocycles. The van der Waals surface area contributed by atoms with E-state index in [1.54, 1.807) is 19.2 Å². The molecule has 1 fully saturated rings. The summed E-state index contributed by atoms with van der Waals surface area (Å²) in [6.45, 7) is 3.01. The van der Waals surface area contributed by atoms with Crippen LogP contribution < -0.4 is 25.0 Å². The molecule has 0 saturated carbocycles. The van der Waals surface area contributed by atoms with Gasteiger partial charge in [-0.2, -0.15) is 0 Å². The predicted octanol–water partition coefficient (Wildman–Crippen LogP) is 2.69. The molecule has 0 bridgehead atoms. The molecule has 3 rings (SSSR count). The van der Waals surface area contributed by atoms with E-state index in [0.29, 0.717) is 24.7 Å². The Balaban J connectivity index is 1.55. The molecule has 1 saturated heterocycles. The Morgan fingerprint density at radius 3 is 2.54 bits per heavy atom. The first-order chi connectivity index (χ1) is 12.8. The average molecular weight is 357 g/mol. The fourth-order valence-electron chi connectivity index (χ4n) is 2.74. The number of benzene rings is 2. The van der Waals surface area contributed by atoms with Crippen molar-refractivity contribution in [3.05, 3.63) is 48.5 Å². The SMILES string of the molecule is COc1ccccc1OCNC(=O)Nc1ccccc1N1CCOCC1. The van der Waals surface area contributed by atoms with Crippen molar-refractivity contribution >= 4 is 17.4 Å². The van der Waals surface area contributed by atoms with Crippen LogP contribution in [0.1, 0.15) is 0 Å². The van der Waals surface area contributed by atoms with E-state index in [1.807, 2.05) is 36.4 Å². The lowest BCUT2D eigenvalue weighted by molar-refractivity contribution is 0.123. The number of ether oxygens (including phenoxy) is 3.